The summed E-state index contributed by atoms with van der Waals surface area (Å²) in [5, 5.41) is 11.9. The van der Waals surface area contributed by atoms with Crippen molar-refractivity contribution in [1.29, 1.82) is 0 Å². The molecule has 0 aliphatic rings. The number of rotatable bonds is 1. The summed E-state index contributed by atoms with van der Waals surface area (Å²) in [6, 6.07) is 0. The van der Waals surface area contributed by atoms with Crippen molar-refractivity contribution in [2.45, 2.75) is 13.8 Å². The van der Waals surface area contributed by atoms with Crippen molar-refractivity contribution in [3.8, 4) is 0 Å². The van der Waals surface area contributed by atoms with Crippen molar-refractivity contribution in [2.75, 3.05) is 0 Å². The van der Waals surface area contributed by atoms with Crippen molar-refractivity contribution < 1.29 is 5.21 Å². The van der Waals surface area contributed by atoms with E-state index in [1.807, 2.05) is 13.8 Å². The summed E-state index contributed by atoms with van der Waals surface area (Å²) >= 11 is 0. The Morgan fingerprint density at radius 2 is 2.17 bits per heavy atom. The molecule has 1 radical (unpaired) electrons. The van der Waals surface area contributed by atoms with Gasteiger partial charge in [0.25, 0.3) is 0 Å². The Kier molecular flexibility index (Phi) is 2.46. The molecule has 0 heterocycles. The fourth-order valence-corrected chi connectivity index (χ4v) is 0.122. The lowest BCUT2D eigenvalue weighted by molar-refractivity contribution is 0.209. The van der Waals surface area contributed by atoms with E-state index in [0.717, 1.165) is 0 Å². The molecule has 0 bridgehead atoms. The molecule has 0 aliphatic carbocycles. The zero-order valence-electron chi connectivity index (χ0n) is 4.01. The van der Waals surface area contributed by atoms with Crippen LogP contribution in [0.25, 0.3) is 0 Å². The van der Waals surface area contributed by atoms with Crippen LogP contribution in [0.1, 0.15) is 13.8 Å². The Bertz CT molecular complexity index is 49.5. The average Bonchev–Trinajstić information content (AvgIpc) is 1.35. The Labute approximate surface area is 37.5 Å². The molecule has 2 heteroatoms. The van der Waals surface area contributed by atoms with E-state index in [-0.39, 0.29) is 0 Å². The zero-order valence-corrected chi connectivity index (χ0v) is 4.01. The summed E-state index contributed by atoms with van der Waals surface area (Å²) in [5.74, 6) is 0.294. The van der Waals surface area contributed by atoms with Crippen molar-refractivity contribution in [2.24, 2.45) is 11.1 Å². The zero-order chi connectivity index (χ0) is 4.99. The van der Waals surface area contributed by atoms with Crippen LogP contribution in [0.2, 0.25) is 0 Å². The quantitative estimate of drug-likeness (QED) is 0.337. The molecule has 0 spiro atoms. The van der Waals surface area contributed by atoms with Crippen molar-refractivity contribution in [3.63, 3.8) is 0 Å². The lowest BCUT2D eigenvalue weighted by Gasteiger charge is -1.82. The van der Waals surface area contributed by atoms with Gasteiger partial charge in [0.05, 0.1) is 6.21 Å². The van der Waals surface area contributed by atoms with Crippen LogP contribution in [0.5, 0.6) is 0 Å². The summed E-state index contributed by atoms with van der Waals surface area (Å²) in [7, 11) is 0. The van der Waals surface area contributed by atoms with Gasteiger partial charge in [-0.2, -0.15) is 0 Å². The number of hydrogen-bond donors (Lipinski definition) is 0. The number of nitrogens with zero attached hydrogens (tertiary/aromatic N) is 1. The van der Waals surface area contributed by atoms with Crippen LogP contribution in [-0.2, 0) is 5.21 Å². The van der Waals surface area contributed by atoms with Gasteiger partial charge >= 0.3 is 0 Å². The molecule has 0 aromatic heterocycles. The molecule has 0 saturated heterocycles. The predicted molar refractivity (Wildman–Crippen MR) is 24.0 cm³/mol. The minimum Gasteiger partial charge on any atom is -0.146 e. The van der Waals surface area contributed by atoms with Gasteiger partial charge in [-0.15, -0.1) is 5.21 Å². The highest BCUT2D eigenvalue weighted by Crippen LogP contribution is 1.81. The molecular formula is C4H8NO. The van der Waals surface area contributed by atoms with Gasteiger partial charge in [0.1, 0.15) is 0 Å². The van der Waals surface area contributed by atoms with Gasteiger partial charge in [-0.3, -0.25) is 0 Å². The van der Waals surface area contributed by atoms with Crippen molar-refractivity contribution >= 4 is 6.21 Å². The van der Waals surface area contributed by atoms with Gasteiger partial charge in [0.2, 0.25) is 0 Å². The van der Waals surface area contributed by atoms with Gasteiger partial charge in [0.15, 0.2) is 0 Å². The fourth-order valence-electron chi connectivity index (χ4n) is 0.122. The molecule has 0 saturated carbocycles. The summed E-state index contributed by atoms with van der Waals surface area (Å²) in [6.45, 7) is 3.81. The summed E-state index contributed by atoms with van der Waals surface area (Å²) in [4.78, 5) is 0. The first-order valence-corrected chi connectivity index (χ1v) is 1.93. The first-order chi connectivity index (χ1) is 2.77. The third kappa shape index (κ3) is 3.47. The topological polar surface area (TPSA) is 32.3 Å². The van der Waals surface area contributed by atoms with Crippen molar-refractivity contribution in [1.82, 2.24) is 0 Å². The van der Waals surface area contributed by atoms with Gasteiger partial charge < -0.3 is 0 Å². The van der Waals surface area contributed by atoms with Crippen LogP contribution in [0.4, 0.5) is 0 Å². The highest BCUT2D eigenvalue weighted by molar-refractivity contribution is 5.58. The molecule has 0 rings (SSSR count). The average molecular weight is 86.1 g/mol. The first kappa shape index (κ1) is 5.47. The molecule has 0 fully saturated rings. The third-order valence-electron chi connectivity index (χ3n) is 0.359. The highest BCUT2D eigenvalue weighted by atomic mass is 16.4. The molecule has 0 atom stereocenters. The SMILES string of the molecule is CC(C)C=N[O]. The Hall–Kier alpha value is -0.530. The van der Waals surface area contributed by atoms with E-state index in [1.54, 1.807) is 0 Å². The van der Waals surface area contributed by atoms with Gasteiger partial charge in [-0.1, -0.05) is 13.8 Å². The fraction of sp³-hybridized carbons (Fsp3) is 0.750. The van der Waals surface area contributed by atoms with E-state index in [1.165, 1.54) is 6.21 Å². The highest BCUT2D eigenvalue weighted by Gasteiger charge is 1.80. The molecule has 0 aliphatic heterocycles. The van der Waals surface area contributed by atoms with E-state index in [0.29, 0.717) is 5.92 Å². The second kappa shape index (κ2) is 2.69. The number of hydrogen-bond acceptors (Lipinski definition) is 1. The largest absolute Gasteiger partial charge is 0.146 e. The predicted octanol–water partition coefficient (Wildman–Crippen LogP) is 1.06. The van der Waals surface area contributed by atoms with Crippen LogP contribution in [0, 0.1) is 5.92 Å². The van der Waals surface area contributed by atoms with Crippen LogP contribution < -0.4 is 0 Å². The standard InChI is InChI=1S/C4H8NO/c1-4(2)3-5-6/h3-4H,1-2H3. The minimum absolute atomic E-state index is 0.294. The van der Waals surface area contributed by atoms with E-state index < -0.39 is 0 Å². The third-order valence-corrected chi connectivity index (χ3v) is 0.359. The Balaban J connectivity index is 3.03. The molecule has 0 aromatic carbocycles. The molecule has 2 nitrogen and oxygen atoms in total. The van der Waals surface area contributed by atoms with Gasteiger partial charge in [-0.25, -0.2) is 0 Å². The van der Waals surface area contributed by atoms with Crippen LogP contribution >= 0.6 is 0 Å². The Morgan fingerprint density at radius 3 is 2.17 bits per heavy atom. The van der Waals surface area contributed by atoms with Gasteiger partial charge in [0, 0.05) is 0 Å². The van der Waals surface area contributed by atoms with E-state index >= 15 is 0 Å². The van der Waals surface area contributed by atoms with Gasteiger partial charge in [-0.05, 0) is 11.1 Å². The second-order valence-electron chi connectivity index (χ2n) is 1.50. The molecule has 0 amide bonds. The molecule has 0 unspecified atom stereocenters. The monoisotopic (exact) mass is 86.1 g/mol. The molecule has 35 valence electrons. The van der Waals surface area contributed by atoms with E-state index in [2.05, 4.69) is 5.16 Å². The first-order valence-electron chi connectivity index (χ1n) is 1.93. The smallest absolute Gasteiger partial charge is 0.0514 e. The lowest BCUT2D eigenvalue weighted by atomic mass is 10.3. The van der Waals surface area contributed by atoms with Crippen molar-refractivity contribution in [3.05, 3.63) is 0 Å². The molecular weight excluding hydrogens is 78.0 g/mol. The van der Waals surface area contributed by atoms with Crippen LogP contribution in [-0.4, -0.2) is 6.21 Å². The summed E-state index contributed by atoms with van der Waals surface area (Å²) in [6.07, 6.45) is 1.36. The molecule has 0 aromatic rings. The second-order valence-corrected chi connectivity index (χ2v) is 1.50. The normalized spacial score (nSPS) is 11.2. The maximum Gasteiger partial charge on any atom is 0.0514 e. The van der Waals surface area contributed by atoms with E-state index in [9.17, 15) is 5.21 Å². The summed E-state index contributed by atoms with van der Waals surface area (Å²) in [5.41, 5.74) is 0. The van der Waals surface area contributed by atoms with Crippen LogP contribution in [0.15, 0.2) is 5.16 Å². The lowest BCUT2D eigenvalue weighted by Crippen LogP contribution is -1.84. The summed E-state index contributed by atoms with van der Waals surface area (Å²) < 4.78 is 0. The maximum atomic E-state index is 9.31. The maximum absolute atomic E-state index is 9.31. The molecule has 0 N–H and O–H groups in total. The Morgan fingerprint density at radius 1 is 1.67 bits per heavy atom. The molecule has 6 heavy (non-hydrogen) atoms. The minimum atomic E-state index is 0.294. The van der Waals surface area contributed by atoms with E-state index in [4.69, 9.17) is 0 Å². The van der Waals surface area contributed by atoms with Crippen LogP contribution in [0.3, 0.4) is 0 Å².